The Morgan fingerprint density at radius 2 is 2.27 bits per heavy atom. The van der Waals surface area contributed by atoms with Crippen LogP contribution in [-0.2, 0) is 4.74 Å². The lowest BCUT2D eigenvalue weighted by atomic mass is 9.93. The molecule has 2 aliphatic heterocycles. The molecule has 0 saturated carbocycles. The van der Waals surface area contributed by atoms with Gasteiger partial charge >= 0.3 is 0 Å². The molecule has 0 unspecified atom stereocenters. The van der Waals surface area contributed by atoms with Crippen LogP contribution in [0.3, 0.4) is 0 Å². The molecule has 0 aliphatic carbocycles. The first-order valence-electron chi connectivity index (χ1n) is 8.79. The number of carbonyl (C=O) groups is 1. The number of fused-ring (bicyclic) bond motifs is 1. The highest BCUT2D eigenvalue weighted by Crippen LogP contribution is 2.35. The molecule has 2 saturated heterocycles. The van der Waals surface area contributed by atoms with E-state index in [4.69, 9.17) is 9.15 Å². The van der Waals surface area contributed by atoms with E-state index in [1.54, 1.807) is 18.5 Å². The predicted octanol–water partition coefficient (Wildman–Crippen LogP) is 1.02. The van der Waals surface area contributed by atoms with E-state index in [-0.39, 0.29) is 12.0 Å². The molecular weight excluding hydrogens is 334 g/mol. The minimum atomic E-state index is -0.181. The Morgan fingerprint density at radius 3 is 3.04 bits per heavy atom. The molecule has 8 nitrogen and oxygen atoms in total. The Balaban J connectivity index is 1.38. The van der Waals surface area contributed by atoms with Crippen LogP contribution in [-0.4, -0.2) is 62.3 Å². The Labute approximate surface area is 152 Å². The molecule has 4 rings (SSSR count). The Kier molecular flexibility index (Phi) is 4.50. The molecule has 2 fully saturated rings. The smallest absolute Gasteiger partial charge is 0.286 e. The number of rotatable bonds is 5. The molecule has 26 heavy (non-hydrogen) atoms. The second-order valence-corrected chi connectivity index (χ2v) is 7.02. The lowest BCUT2D eigenvalue weighted by Crippen LogP contribution is -2.34. The molecule has 0 spiro atoms. The summed E-state index contributed by atoms with van der Waals surface area (Å²) in [5, 5.41) is 2.95. The third kappa shape index (κ3) is 3.24. The summed E-state index contributed by atoms with van der Waals surface area (Å²) in [6.45, 7) is 2.95. The monoisotopic (exact) mass is 357 g/mol. The number of furan rings is 1. The van der Waals surface area contributed by atoms with Gasteiger partial charge in [-0.2, -0.15) is 0 Å². The number of aromatic nitrogens is 2. The summed E-state index contributed by atoms with van der Waals surface area (Å²) in [6.07, 6.45) is 3.28. The third-order valence-corrected chi connectivity index (χ3v) is 5.13. The first kappa shape index (κ1) is 16.8. The summed E-state index contributed by atoms with van der Waals surface area (Å²) >= 11 is 0. The highest BCUT2D eigenvalue weighted by atomic mass is 16.5. The van der Waals surface area contributed by atoms with E-state index in [1.165, 1.54) is 6.26 Å². The molecule has 8 heteroatoms. The van der Waals surface area contributed by atoms with Gasteiger partial charge in [0.05, 0.1) is 19.0 Å². The zero-order chi connectivity index (χ0) is 18.1. The van der Waals surface area contributed by atoms with Crippen molar-refractivity contribution in [3.63, 3.8) is 0 Å². The molecule has 1 N–H and O–H groups in total. The number of hydrogen-bond acceptors (Lipinski definition) is 7. The van der Waals surface area contributed by atoms with Gasteiger partial charge in [0, 0.05) is 51.6 Å². The van der Waals surface area contributed by atoms with E-state index in [0.29, 0.717) is 30.7 Å². The zero-order valence-corrected chi connectivity index (χ0v) is 15.0. The highest BCUT2D eigenvalue weighted by molar-refractivity contribution is 5.91. The average molecular weight is 357 g/mol. The van der Waals surface area contributed by atoms with Crippen molar-refractivity contribution in [2.75, 3.05) is 50.1 Å². The van der Waals surface area contributed by atoms with E-state index >= 15 is 0 Å². The summed E-state index contributed by atoms with van der Waals surface area (Å²) in [5.41, 5.74) is 0. The minimum absolute atomic E-state index is 0.179. The molecule has 0 aromatic carbocycles. The first-order valence-corrected chi connectivity index (χ1v) is 8.79. The van der Waals surface area contributed by atoms with Crippen LogP contribution in [0.5, 0.6) is 0 Å². The van der Waals surface area contributed by atoms with Gasteiger partial charge in [-0.1, -0.05) is 0 Å². The minimum Gasteiger partial charge on any atom is -0.459 e. The van der Waals surface area contributed by atoms with E-state index < -0.39 is 0 Å². The van der Waals surface area contributed by atoms with Crippen LogP contribution in [0.25, 0.3) is 0 Å². The Bertz CT molecular complexity index is 764. The Hall–Kier alpha value is -2.61. The van der Waals surface area contributed by atoms with E-state index in [1.807, 2.05) is 25.1 Å². The van der Waals surface area contributed by atoms with Gasteiger partial charge in [-0.15, -0.1) is 0 Å². The van der Waals surface area contributed by atoms with Crippen LogP contribution in [0.4, 0.5) is 11.6 Å². The van der Waals surface area contributed by atoms with E-state index in [0.717, 1.165) is 24.7 Å². The average Bonchev–Trinajstić information content (AvgIpc) is 3.37. The lowest BCUT2D eigenvalue weighted by molar-refractivity contribution is 0.0912. The fraction of sp³-hybridized carbons (Fsp3) is 0.500. The summed E-state index contributed by atoms with van der Waals surface area (Å²) in [5.74, 6) is 2.63. The van der Waals surface area contributed by atoms with Crippen molar-refractivity contribution < 1.29 is 13.9 Å². The van der Waals surface area contributed by atoms with Crippen molar-refractivity contribution in [2.45, 2.75) is 6.10 Å². The number of hydrogen-bond donors (Lipinski definition) is 1. The standard InChI is InChI=1S/C18H23N5O3/c1-22(2)16-6-17(21-11-20-16)23-8-13-12(10-26-15(13)9-23)7-19-18(24)14-4-3-5-25-14/h3-6,11-13,15H,7-10H2,1-2H3,(H,19,24)/t12-,13-,15-/m0/s1. The van der Waals surface area contributed by atoms with Crippen LogP contribution in [0.2, 0.25) is 0 Å². The summed E-state index contributed by atoms with van der Waals surface area (Å²) in [6, 6.07) is 5.37. The van der Waals surface area contributed by atoms with Crippen molar-refractivity contribution in [3.05, 3.63) is 36.5 Å². The van der Waals surface area contributed by atoms with Crippen molar-refractivity contribution in [1.82, 2.24) is 15.3 Å². The van der Waals surface area contributed by atoms with Gasteiger partial charge in [0.1, 0.15) is 18.0 Å². The lowest BCUT2D eigenvalue weighted by Gasteiger charge is -2.21. The van der Waals surface area contributed by atoms with Crippen molar-refractivity contribution in [3.8, 4) is 0 Å². The molecule has 0 bridgehead atoms. The van der Waals surface area contributed by atoms with E-state index in [2.05, 4.69) is 20.2 Å². The fourth-order valence-electron chi connectivity index (χ4n) is 3.67. The van der Waals surface area contributed by atoms with Gasteiger partial charge in [0.25, 0.3) is 5.91 Å². The SMILES string of the molecule is CN(C)c1cc(N2C[C@H]3[C@@H](CNC(=O)c4ccco4)CO[C@H]3C2)ncn1. The molecule has 2 aliphatic rings. The van der Waals surface area contributed by atoms with Gasteiger partial charge in [0.15, 0.2) is 5.76 Å². The normalized spacial score (nSPS) is 24.5. The second kappa shape index (κ2) is 6.95. The first-order chi connectivity index (χ1) is 12.6. The van der Waals surface area contributed by atoms with Gasteiger partial charge in [-0.25, -0.2) is 9.97 Å². The van der Waals surface area contributed by atoms with Gasteiger partial charge in [-0.05, 0) is 12.1 Å². The van der Waals surface area contributed by atoms with Crippen molar-refractivity contribution in [2.24, 2.45) is 11.8 Å². The molecule has 2 aromatic heterocycles. The molecule has 138 valence electrons. The molecule has 4 heterocycles. The fourth-order valence-corrected chi connectivity index (χ4v) is 3.67. The van der Waals surface area contributed by atoms with Gasteiger partial charge < -0.3 is 24.3 Å². The molecule has 1 amide bonds. The molecular formula is C18H23N5O3. The number of anilines is 2. The number of amides is 1. The number of ether oxygens (including phenoxy) is 1. The van der Waals surface area contributed by atoms with Crippen molar-refractivity contribution >= 4 is 17.5 Å². The van der Waals surface area contributed by atoms with Crippen molar-refractivity contribution in [1.29, 1.82) is 0 Å². The zero-order valence-electron chi connectivity index (χ0n) is 15.0. The number of nitrogens with one attached hydrogen (secondary N) is 1. The summed E-state index contributed by atoms with van der Waals surface area (Å²) in [7, 11) is 3.93. The maximum Gasteiger partial charge on any atom is 0.286 e. The maximum absolute atomic E-state index is 12.1. The quantitative estimate of drug-likeness (QED) is 0.855. The highest BCUT2D eigenvalue weighted by Gasteiger charge is 2.44. The third-order valence-electron chi connectivity index (χ3n) is 5.13. The van der Waals surface area contributed by atoms with E-state index in [9.17, 15) is 4.79 Å². The largest absolute Gasteiger partial charge is 0.459 e. The summed E-state index contributed by atoms with van der Waals surface area (Å²) < 4.78 is 11.1. The predicted molar refractivity (Wildman–Crippen MR) is 96.3 cm³/mol. The topological polar surface area (TPSA) is 83.7 Å². The Morgan fingerprint density at radius 1 is 1.38 bits per heavy atom. The van der Waals surface area contributed by atoms with Gasteiger partial charge in [-0.3, -0.25) is 4.79 Å². The summed E-state index contributed by atoms with van der Waals surface area (Å²) in [4.78, 5) is 25.0. The number of nitrogens with zero attached hydrogens (tertiary/aromatic N) is 4. The molecule has 2 aromatic rings. The molecule has 0 radical (unpaired) electrons. The van der Waals surface area contributed by atoms with Crippen LogP contribution in [0, 0.1) is 11.8 Å². The van der Waals surface area contributed by atoms with Crippen LogP contribution >= 0.6 is 0 Å². The van der Waals surface area contributed by atoms with Crippen LogP contribution < -0.4 is 15.1 Å². The van der Waals surface area contributed by atoms with Crippen LogP contribution in [0.1, 0.15) is 10.6 Å². The molecule has 3 atom stereocenters. The second-order valence-electron chi connectivity index (χ2n) is 7.02. The number of carbonyl (C=O) groups excluding carboxylic acids is 1. The van der Waals surface area contributed by atoms with Gasteiger partial charge in [0.2, 0.25) is 0 Å². The maximum atomic E-state index is 12.1. The van der Waals surface area contributed by atoms with Crippen LogP contribution in [0.15, 0.2) is 35.2 Å².